The number of nitrogens with one attached hydrogen (secondary N) is 1. The van der Waals surface area contributed by atoms with Crippen molar-refractivity contribution in [3.8, 4) is 11.9 Å². The smallest absolute Gasteiger partial charge is 0.175 e. The van der Waals surface area contributed by atoms with Gasteiger partial charge in [0.05, 0.1) is 23.4 Å². The Balaban J connectivity index is 1.74. The Morgan fingerprint density at radius 1 is 1.17 bits per heavy atom. The third kappa shape index (κ3) is 3.35. The summed E-state index contributed by atoms with van der Waals surface area (Å²) in [7, 11) is 0. The SMILES string of the molecule is Cc1ccn(-c2ccc(NC(C)c3cccc(C#N)c3)nn2)n1. The number of hydrogen-bond donors (Lipinski definition) is 1. The summed E-state index contributed by atoms with van der Waals surface area (Å²) in [4.78, 5) is 0. The molecule has 0 fully saturated rings. The van der Waals surface area contributed by atoms with Gasteiger partial charge in [-0.25, -0.2) is 4.68 Å². The van der Waals surface area contributed by atoms with E-state index in [1.54, 1.807) is 10.7 Å². The van der Waals surface area contributed by atoms with Gasteiger partial charge in [-0.1, -0.05) is 12.1 Å². The molecule has 0 bridgehead atoms. The fourth-order valence-electron chi connectivity index (χ4n) is 2.25. The summed E-state index contributed by atoms with van der Waals surface area (Å²) in [5, 5.41) is 24.9. The lowest BCUT2D eigenvalue weighted by Crippen LogP contribution is -2.09. The van der Waals surface area contributed by atoms with E-state index in [4.69, 9.17) is 5.26 Å². The summed E-state index contributed by atoms with van der Waals surface area (Å²) in [6, 6.07) is 15.3. The lowest BCUT2D eigenvalue weighted by atomic mass is 10.1. The van der Waals surface area contributed by atoms with Crippen molar-refractivity contribution in [3.05, 3.63) is 65.5 Å². The van der Waals surface area contributed by atoms with Crippen LogP contribution in [0.4, 0.5) is 5.82 Å². The number of nitriles is 1. The molecule has 2 aromatic heterocycles. The largest absolute Gasteiger partial charge is 0.362 e. The fourth-order valence-corrected chi connectivity index (χ4v) is 2.25. The van der Waals surface area contributed by atoms with Crippen molar-refractivity contribution in [2.75, 3.05) is 5.32 Å². The normalized spacial score (nSPS) is 11.7. The fraction of sp³-hybridized carbons (Fsp3) is 0.176. The van der Waals surface area contributed by atoms with Crippen LogP contribution in [0.5, 0.6) is 0 Å². The van der Waals surface area contributed by atoms with Crippen molar-refractivity contribution in [1.82, 2.24) is 20.0 Å². The van der Waals surface area contributed by atoms with Crippen LogP contribution in [-0.4, -0.2) is 20.0 Å². The molecule has 1 unspecified atom stereocenters. The molecule has 1 N–H and O–H groups in total. The lowest BCUT2D eigenvalue weighted by molar-refractivity contribution is 0.795. The zero-order chi connectivity index (χ0) is 16.2. The molecule has 2 heterocycles. The summed E-state index contributed by atoms with van der Waals surface area (Å²) >= 11 is 0. The summed E-state index contributed by atoms with van der Waals surface area (Å²) in [6.07, 6.45) is 1.85. The van der Waals surface area contributed by atoms with Crippen LogP contribution >= 0.6 is 0 Å². The Hall–Kier alpha value is -3.20. The van der Waals surface area contributed by atoms with Crippen LogP contribution in [0.25, 0.3) is 5.82 Å². The Bertz CT molecular complexity index is 844. The Morgan fingerprint density at radius 3 is 2.70 bits per heavy atom. The van der Waals surface area contributed by atoms with Crippen LogP contribution in [0.15, 0.2) is 48.7 Å². The van der Waals surface area contributed by atoms with E-state index >= 15 is 0 Å². The van der Waals surface area contributed by atoms with Gasteiger partial charge in [-0.05, 0) is 49.7 Å². The molecule has 3 rings (SSSR count). The standard InChI is InChI=1S/C17H16N6/c1-12-8-9-23(22-12)17-7-6-16(20-21-17)19-13(2)15-5-3-4-14(10-15)11-18/h3-10,13H,1-2H3,(H,19,20). The van der Waals surface area contributed by atoms with Crippen LogP contribution < -0.4 is 5.32 Å². The first-order valence-electron chi connectivity index (χ1n) is 7.28. The highest BCUT2D eigenvalue weighted by atomic mass is 15.3. The monoisotopic (exact) mass is 304 g/mol. The molecule has 1 atom stereocenters. The highest BCUT2D eigenvalue weighted by Gasteiger charge is 2.08. The average molecular weight is 304 g/mol. The highest BCUT2D eigenvalue weighted by molar-refractivity contribution is 5.41. The molecule has 0 spiro atoms. The minimum atomic E-state index is 0.0235. The van der Waals surface area contributed by atoms with Crippen LogP contribution in [0.1, 0.15) is 29.8 Å². The van der Waals surface area contributed by atoms with Crippen molar-refractivity contribution in [2.24, 2.45) is 0 Å². The summed E-state index contributed by atoms with van der Waals surface area (Å²) in [5.74, 6) is 1.34. The Morgan fingerprint density at radius 2 is 2.04 bits per heavy atom. The third-order valence-electron chi connectivity index (χ3n) is 3.49. The number of hydrogen-bond acceptors (Lipinski definition) is 5. The van der Waals surface area contributed by atoms with Gasteiger partial charge in [0.2, 0.25) is 0 Å². The predicted octanol–water partition coefficient (Wildman–Crippen LogP) is 3.02. The van der Waals surface area contributed by atoms with E-state index in [-0.39, 0.29) is 6.04 Å². The minimum absolute atomic E-state index is 0.0235. The van der Waals surface area contributed by atoms with Gasteiger partial charge in [0.15, 0.2) is 5.82 Å². The molecule has 3 aromatic rings. The Labute approximate surface area is 134 Å². The molecule has 0 saturated carbocycles. The molecular formula is C17H16N6. The number of nitrogens with zero attached hydrogens (tertiary/aromatic N) is 5. The molecule has 0 radical (unpaired) electrons. The van der Waals surface area contributed by atoms with Gasteiger partial charge >= 0.3 is 0 Å². The molecular weight excluding hydrogens is 288 g/mol. The molecule has 6 nitrogen and oxygen atoms in total. The number of benzene rings is 1. The van der Waals surface area contributed by atoms with E-state index in [9.17, 15) is 0 Å². The first-order chi connectivity index (χ1) is 11.2. The molecule has 0 aliphatic carbocycles. The quantitative estimate of drug-likeness (QED) is 0.801. The zero-order valence-corrected chi connectivity index (χ0v) is 12.9. The second kappa shape index (κ2) is 6.28. The topological polar surface area (TPSA) is 79.4 Å². The molecule has 6 heteroatoms. The van der Waals surface area contributed by atoms with Gasteiger partial charge in [-0.15, -0.1) is 10.2 Å². The molecule has 23 heavy (non-hydrogen) atoms. The summed E-state index contributed by atoms with van der Waals surface area (Å²) < 4.78 is 1.69. The second-order valence-corrected chi connectivity index (χ2v) is 5.28. The van der Waals surface area contributed by atoms with Crippen LogP contribution in [0.2, 0.25) is 0 Å². The van der Waals surface area contributed by atoms with Crippen molar-refractivity contribution in [2.45, 2.75) is 19.9 Å². The van der Waals surface area contributed by atoms with Gasteiger partial charge in [-0.2, -0.15) is 10.4 Å². The maximum absolute atomic E-state index is 8.97. The third-order valence-corrected chi connectivity index (χ3v) is 3.49. The van der Waals surface area contributed by atoms with Crippen LogP contribution in [0.3, 0.4) is 0 Å². The molecule has 0 aliphatic heterocycles. The van der Waals surface area contributed by atoms with E-state index in [1.165, 1.54) is 0 Å². The molecule has 114 valence electrons. The summed E-state index contributed by atoms with van der Waals surface area (Å²) in [6.45, 7) is 3.94. The predicted molar refractivity (Wildman–Crippen MR) is 87.1 cm³/mol. The van der Waals surface area contributed by atoms with Crippen LogP contribution in [0, 0.1) is 18.3 Å². The van der Waals surface area contributed by atoms with E-state index in [2.05, 4.69) is 26.7 Å². The van der Waals surface area contributed by atoms with Crippen molar-refractivity contribution in [1.29, 1.82) is 5.26 Å². The maximum Gasteiger partial charge on any atom is 0.175 e. The first-order valence-corrected chi connectivity index (χ1v) is 7.28. The number of anilines is 1. The molecule has 0 saturated heterocycles. The second-order valence-electron chi connectivity index (χ2n) is 5.28. The van der Waals surface area contributed by atoms with Crippen molar-refractivity contribution < 1.29 is 0 Å². The Kier molecular flexibility index (Phi) is 4.02. The molecule has 0 amide bonds. The summed E-state index contributed by atoms with van der Waals surface area (Å²) in [5.41, 5.74) is 2.60. The van der Waals surface area contributed by atoms with Gasteiger partial charge in [0.25, 0.3) is 0 Å². The zero-order valence-electron chi connectivity index (χ0n) is 12.9. The van der Waals surface area contributed by atoms with Crippen molar-refractivity contribution >= 4 is 5.82 Å². The molecule has 0 aliphatic rings. The van der Waals surface area contributed by atoms with Gasteiger partial charge in [0.1, 0.15) is 5.82 Å². The van der Waals surface area contributed by atoms with E-state index in [0.29, 0.717) is 17.2 Å². The van der Waals surface area contributed by atoms with E-state index < -0.39 is 0 Å². The lowest BCUT2D eigenvalue weighted by Gasteiger charge is -2.14. The van der Waals surface area contributed by atoms with Crippen molar-refractivity contribution in [3.63, 3.8) is 0 Å². The molecule has 1 aromatic carbocycles. The number of aromatic nitrogens is 4. The number of aryl methyl sites for hydroxylation is 1. The van der Waals surface area contributed by atoms with Gasteiger partial charge in [0, 0.05) is 6.20 Å². The first kappa shape index (κ1) is 14.7. The van der Waals surface area contributed by atoms with E-state index in [1.807, 2.05) is 56.4 Å². The van der Waals surface area contributed by atoms with E-state index in [0.717, 1.165) is 11.3 Å². The number of rotatable bonds is 4. The highest BCUT2D eigenvalue weighted by Crippen LogP contribution is 2.18. The van der Waals surface area contributed by atoms with Gasteiger partial charge < -0.3 is 5.32 Å². The van der Waals surface area contributed by atoms with Gasteiger partial charge in [-0.3, -0.25) is 0 Å². The average Bonchev–Trinajstić information content (AvgIpc) is 3.02. The minimum Gasteiger partial charge on any atom is -0.362 e. The maximum atomic E-state index is 8.97. The van der Waals surface area contributed by atoms with Crippen LogP contribution in [-0.2, 0) is 0 Å².